The fourth-order valence-corrected chi connectivity index (χ4v) is 3.15. The summed E-state index contributed by atoms with van der Waals surface area (Å²) in [5.74, 6) is 2.42. The molecule has 3 heteroatoms. The lowest BCUT2D eigenvalue weighted by Crippen LogP contribution is -2.30. The van der Waals surface area contributed by atoms with Crippen LogP contribution in [0.1, 0.15) is 19.3 Å². The van der Waals surface area contributed by atoms with Crippen molar-refractivity contribution in [2.75, 3.05) is 19.7 Å². The Kier molecular flexibility index (Phi) is 4.05. The number of allylic oxidation sites excluding steroid dienone is 2. The van der Waals surface area contributed by atoms with Crippen LogP contribution >= 0.6 is 0 Å². The van der Waals surface area contributed by atoms with E-state index in [-0.39, 0.29) is 5.91 Å². The van der Waals surface area contributed by atoms with Gasteiger partial charge in [0.05, 0.1) is 13.0 Å². The molecule has 3 nitrogen and oxygen atoms in total. The van der Waals surface area contributed by atoms with Crippen molar-refractivity contribution in [2.45, 2.75) is 19.3 Å². The van der Waals surface area contributed by atoms with E-state index in [2.05, 4.69) is 12.2 Å². The molecule has 1 fully saturated rings. The Morgan fingerprint density at radius 2 is 1.75 bits per heavy atom. The van der Waals surface area contributed by atoms with Gasteiger partial charge in [-0.15, -0.1) is 0 Å². The molecule has 2 atom stereocenters. The van der Waals surface area contributed by atoms with Crippen molar-refractivity contribution < 1.29 is 9.53 Å². The molecule has 1 aliphatic carbocycles. The molecule has 2 aliphatic rings. The maximum absolute atomic E-state index is 12.2. The number of nitrogens with zero attached hydrogens (tertiary/aromatic N) is 1. The summed E-state index contributed by atoms with van der Waals surface area (Å²) < 4.78 is 5.60. The third-order valence-electron chi connectivity index (χ3n) is 4.30. The lowest BCUT2D eigenvalue weighted by Gasteiger charge is -2.17. The summed E-state index contributed by atoms with van der Waals surface area (Å²) in [7, 11) is 0. The largest absolute Gasteiger partial charge is 0.493 e. The molecule has 0 radical (unpaired) electrons. The summed E-state index contributed by atoms with van der Waals surface area (Å²) in [6, 6.07) is 9.67. The van der Waals surface area contributed by atoms with Crippen molar-refractivity contribution in [2.24, 2.45) is 11.8 Å². The fourth-order valence-electron chi connectivity index (χ4n) is 3.15. The third kappa shape index (κ3) is 3.03. The first-order chi connectivity index (χ1) is 9.83. The van der Waals surface area contributed by atoms with Crippen molar-refractivity contribution in [3.05, 3.63) is 42.5 Å². The second-order valence-electron chi connectivity index (χ2n) is 5.67. The number of likely N-dealkylation sites (tertiary alicyclic amines) is 1. The molecule has 0 spiro atoms. The van der Waals surface area contributed by atoms with Crippen LogP contribution in [0.2, 0.25) is 0 Å². The smallest absolute Gasteiger partial charge is 0.226 e. The molecule has 106 valence electrons. The summed E-state index contributed by atoms with van der Waals surface area (Å²) >= 11 is 0. The molecule has 1 heterocycles. The highest BCUT2D eigenvalue weighted by Gasteiger charge is 2.34. The Morgan fingerprint density at radius 1 is 1.10 bits per heavy atom. The minimum Gasteiger partial charge on any atom is -0.493 e. The Bertz CT molecular complexity index is 467. The summed E-state index contributed by atoms with van der Waals surface area (Å²) in [4.78, 5) is 14.2. The van der Waals surface area contributed by atoms with Crippen LogP contribution < -0.4 is 4.74 Å². The normalized spacial score (nSPS) is 24.5. The Labute approximate surface area is 120 Å². The summed E-state index contributed by atoms with van der Waals surface area (Å²) in [6.45, 7) is 2.32. The van der Waals surface area contributed by atoms with Gasteiger partial charge >= 0.3 is 0 Å². The van der Waals surface area contributed by atoms with Crippen molar-refractivity contribution >= 4 is 5.91 Å². The van der Waals surface area contributed by atoms with E-state index in [1.807, 2.05) is 35.2 Å². The van der Waals surface area contributed by atoms with Gasteiger partial charge in [0.2, 0.25) is 5.91 Å². The highest BCUT2D eigenvalue weighted by Crippen LogP contribution is 2.32. The molecular formula is C17H21NO2. The molecule has 1 saturated heterocycles. The monoisotopic (exact) mass is 271 g/mol. The van der Waals surface area contributed by atoms with Gasteiger partial charge in [-0.1, -0.05) is 30.4 Å². The number of fused-ring (bicyclic) bond motifs is 1. The number of hydrogen-bond acceptors (Lipinski definition) is 2. The quantitative estimate of drug-likeness (QED) is 0.788. The number of ether oxygens (including phenoxy) is 1. The number of carbonyl (C=O) groups excluding carboxylic acids is 1. The van der Waals surface area contributed by atoms with E-state index < -0.39 is 0 Å². The van der Waals surface area contributed by atoms with Gasteiger partial charge in [-0.2, -0.15) is 0 Å². The molecule has 3 rings (SSSR count). The molecule has 0 N–H and O–H groups in total. The van der Waals surface area contributed by atoms with Crippen LogP contribution in [0.5, 0.6) is 5.75 Å². The number of hydrogen-bond donors (Lipinski definition) is 0. The van der Waals surface area contributed by atoms with Crippen molar-refractivity contribution in [1.82, 2.24) is 4.90 Å². The zero-order chi connectivity index (χ0) is 13.8. The molecular weight excluding hydrogens is 250 g/mol. The van der Waals surface area contributed by atoms with E-state index in [1.165, 1.54) is 0 Å². The van der Waals surface area contributed by atoms with Gasteiger partial charge in [-0.05, 0) is 36.8 Å². The van der Waals surface area contributed by atoms with Gasteiger partial charge in [0.1, 0.15) is 5.75 Å². The van der Waals surface area contributed by atoms with E-state index in [1.54, 1.807) is 0 Å². The van der Waals surface area contributed by atoms with E-state index >= 15 is 0 Å². The van der Waals surface area contributed by atoms with Gasteiger partial charge in [0.15, 0.2) is 0 Å². The van der Waals surface area contributed by atoms with Crippen LogP contribution in [0.25, 0.3) is 0 Å². The van der Waals surface area contributed by atoms with Crippen LogP contribution in [0.4, 0.5) is 0 Å². The average Bonchev–Trinajstić information content (AvgIpc) is 2.92. The summed E-state index contributed by atoms with van der Waals surface area (Å²) in [5, 5.41) is 0. The van der Waals surface area contributed by atoms with Crippen LogP contribution in [-0.4, -0.2) is 30.5 Å². The van der Waals surface area contributed by atoms with Gasteiger partial charge in [-0.3, -0.25) is 4.79 Å². The van der Waals surface area contributed by atoms with E-state index in [0.29, 0.717) is 24.9 Å². The zero-order valence-electron chi connectivity index (χ0n) is 11.7. The lowest BCUT2D eigenvalue weighted by molar-refractivity contribution is -0.130. The number of carbonyl (C=O) groups is 1. The highest BCUT2D eigenvalue weighted by molar-refractivity contribution is 5.76. The minimum atomic E-state index is 0.232. The minimum absolute atomic E-state index is 0.232. The third-order valence-corrected chi connectivity index (χ3v) is 4.30. The first-order valence-corrected chi connectivity index (χ1v) is 7.43. The number of amides is 1. The number of rotatable bonds is 4. The van der Waals surface area contributed by atoms with Crippen LogP contribution in [-0.2, 0) is 4.79 Å². The molecule has 1 amide bonds. The number of para-hydroxylation sites is 1. The van der Waals surface area contributed by atoms with Gasteiger partial charge in [0, 0.05) is 13.1 Å². The van der Waals surface area contributed by atoms with Crippen molar-refractivity contribution in [3.63, 3.8) is 0 Å². The van der Waals surface area contributed by atoms with E-state index in [4.69, 9.17) is 4.74 Å². The Balaban J connectivity index is 1.44. The summed E-state index contributed by atoms with van der Waals surface area (Å²) in [6.07, 6.45) is 7.26. The second kappa shape index (κ2) is 6.12. The van der Waals surface area contributed by atoms with Crippen molar-refractivity contribution in [3.8, 4) is 5.75 Å². The highest BCUT2D eigenvalue weighted by atomic mass is 16.5. The SMILES string of the molecule is O=C(CCOc1ccccc1)N1CC2CC=CCC2C1. The van der Waals surface area contributed by atoms with Gasteiger partial charge in [0.25, 0.3) is 0 Å². The van der Waals surface area contributed by atoms with E-state index in [0.717, 1.165) is 31.7 Å². The van der Waals surface area contributed by atoms with E-state index in [9.17, 15) is 4.79 Å². The Morgan fingerprint density at radius 3 is 2.40 bits per heavy atom. The molecule has 20 heavy (non-hydrogen) atoms. The molecule has 2 unspecified atom stereocenters. The molecule has 1 aliphatic heterocycles. The summed E-state index contributed by atoms with van der Waals surface area (Å²) in [5.41, 5.74) is 0. The molecule has 1 aromatic carbocycles. The van der Waals surface area contributed by atoms with Crippen LogP contribution in [0, 0.1) is 11.8 Å². The maximum Gasteiger partial charge on any atom is 0.226 e. The first kappa shape index (κ1) is 13.2. The standard InChI is InChI=1S/C17H21NO2/c19-17(10-11-20-16-8-2-1-3-9-16)18-12-14-6-4-5-7-15(14)13-18/h1-5,8-9,14-15H,6-7,10-13H2. The zero-order valence-corrected chi connectivity index (χ0v) is 11.7. The molecule has 0 saturated carbocycles. The van der Waals surface area contributed by atoms with Crippen LogP contribution in [0.3, 0.4) is 0 Å². The lowest BCUT2D eigenvalue weighted by atomic mass is 9.86. The fraction of sp³-hybridized carbons (Fsp3) is 0.471. The first-order valence-electron chi connectivity index (χ1n) is 7.43. The van der Waals surface area contributed by atoms with Crippen LogP contribution in [0.15, 0.2) is 42.5 Å². The second-order valence-corrected chi connectivity index (χ2v) is 5.67. The topological polar surface area (TPSA) is 29.5 Å². The van der Waals surface area contributed by atoms with Gasteiger partial charge in [-0.25, -0.2) is 0 Å². The molecule has 1 aromatic rings. The molecule has 0 aromatic heterocycles. The van der Waals surface area contributed by atoms with Gasteiger partial charge < -0.3 is 9.64 Å². The predicted molar refractivity (Wildman–Crippen MR) is 78.5 cm³/mol. The number of benzene rings is 1. The maximum atomic E-state index is 12.2. The Hall–Kier alpha value is -1.77. The predicted octanol–water partition coefficient (Wildman–Crippen LogP) is 2.88. The van der Waals surface area contributed by atoms with Crippen molar-refractivity contribution in [1.29, 1.82) is 0 Å². The molecule has 0 bridgehead atoms. The average molecular weight is 271 g/mol.